The van der Waals surface area contributed by atoms with Gasteiger partial charge in [0.2, 0.25) is 5.89 Å². The Balaban J connectivity index is 1.65. The lowest BCUT2D eigenvalue weighted by atomic mass is 10.1. The van der Waals surface area contributed by atoms with Gasteiger partial charge in [0.25, 0.3) is 11.4 Å². The third kappa shape index (κ3) is 4.57. The summed E-state index contributed by atoms with van der Waals surface area (Å²) in [6.45, 7) is 5.92. The molecule has 0 unspecified atom stereocenters. The minimum atomic E-state index is -0.374. The Hall–Kier alpha value is -3.91. The fourth-order valence-corrected chi connectivity index (χ4v) is 5.27. The molecule has 0 atom stereocenters. The topological polar surface area (TPSA) is 73.8 Å². The van der Waals surface area contributed by atoms with E-state index in [0.717, 1.165) is 20.9 Å². The van der Waals surface area contributed by atoms with Gasteiger partial charge < -0.3 is 4.42 Å². The van der Waals surface area contributed by atoms with Crippen molar-refractivity contribution in [2.45, 2.75) is 33.7 Å². The zero-order valence-corrected chi connectivity index (χ0v) is 20.4. The summed E-state index contributed by atoms with van der Waals surface area (Å²) in [5.74, 6) is 0.992. The predicted molar refractivity (Wildman–Crippen MR) is 135 cm³/mol. The Morgan fingerprint density at radius 3 is 2.51 bits per heavy atom. The van der Waals surface area contributed by atoms with Crippen LogP contribution in [0.15, 0.2) is 69.9 Å². The summed E-state index contributed by atoms with van der Waals surface area (Å²) in [5.41, 5.74) is 3.55. The van der Waals surface area contributed by atoms with E-state index in [0.29, 0.717) is 47.4 Å². The lowest BCUT2D eigenvalue weighted by Crippen LogP contribution is -2.27. The largest absolute Gasteiger partial charge is 0.420 e. The number of benzene rings is 2. The average Bonchev–Trinajstić information content (AvgIpc) is 3.44. The van der Waals surface area contributed by atoms with E-state index in [-0.39, 0.29) is 11.4 Å². The van der Waals surface area contributed by atoms with Crippen molar-refractivity contribution in [1.29, 1.82) is 0 Å². The van der Waals surface area contributed by atoms with E-state index >= 15 is 0 Å². The van der Waals surface area contributed by atoms with E-state index in [1.165, 1.54) is 23.5 Å². The van der Waals surface area contributed by atoms with Gasteiger partial charge in [-0.25, -0.2) is 9.37 Å². The number of hydrogen-bond donors (Lipinski definition) is 0. The molecule has 35 heavy (non-hydrogen) atoms. The molecule has 8 heteroatoms. The Morgan fingerprint density at radius 1 is 1.00 bits per heavy atom. The number of hydrogen-bond acceptors (Lipinski definition) is 6. The molecule has 0 aliphatic carbocycles. The van der Waals surface area contributed by atoms with Gasteiger partial charge >= 0.3 is 0 Å². The van der Waals surface area contributed by atoms with Crippen LogP contribution in [0.5, 0.6) is 0 Å². The predicted octanol–water partition coefficient (Wildman–Crippen LogP) is 6.00. The second-order valence-corrected chi connectivity index (χ2v) is 9.40. The molecule has 5 aromatic rings. The monoisotopic (exact) mass is 486 g/mol. The molecule has 176 valence electrons. The molecular formula is C27H23FN4O2S. The van der Waals surface area contributed by atoms with Gasteiger partial charge in [0.15, 0.2) is 0 Å². The first-order valence-electron chi connectivity index (χ1n) is 11.2. The molecule has 0 aliphatic rings. The second-order valence-electron chi connectivity index (χ2n) is 8.35. The number of aromatic nitrogens is 4. The lowest BCUT2D eigenvalue weighted by molar-refractivity contribution is 0.533. The molecule has 0 spiro atoms. The number of halogens is 1. The molecule has 2 aromatic carbocycles. The highest BCUT2D eigenvalue weighted by molar-refractivity contribution is 7.19. The molecule has 5 rings (SSSR count). The molecule has 0 amide bonds. The van der Waals surface area contributed by atoms with E-state index in [1.54, 1.807) is 23.6 Å². The van der Waals surface area contributed by atoms with Crippen LogP contribution >= 0.6 is 11.3 Å². The maximum atomic E-state index is 14.1. The Labute approximate surface area is 205 Å². The minimum Gasteiger partial charge on any atom is -0.420 e. The zero-order chi connectivity index (χ0) is 24.5. The van der Waals surface area contributed by atoms with Crippen molar-refractivity contribution in [2.24, 2.45) is 0 Å². The van der Waals surface area contributed by atoms with Gasteiger partial charge in [-0.1, -0.05) is 42.5 Å². The number of rotatable bonds is 6. The highest BCUT2D eigenvalue weighted by Crippen LogP contribution is 2.37. The molecule has 0 radical (unpaired) electrons. The minimum absolute atomic E-state index is 0.165. The van der Waals surface area contributed by atoms with Gasteiger partial charge in [-0.15, -0.1) is 21.5 Å². The summed E-state index contributed by atoms with van der Waals surface area (Å²) in [6.07, 6.45) is 0.642. The standard InChI is InChI=1S/C27H23FN4O2S/c1-16-14-22(35-24(16)26-31-30-18(3)34-26)23-17(2)29-25(20-10-7-11-21(28)15-20)32(27(23)33)13-12-19-8-5-4-6-9-19/h4-11,14-15H,12-13H2,1-3H3. The van der Waals surface area contributed by atoms with Crippen molar-refractivity contribution in [3.63, 3.8) is 0 Å². The van der Waals surface area contributed by atoms with Crippen LogP contribution in [0.4, 0.5) is 4.39 Å². The second kappa shape index (κ2) is 9.38. The van der Waals surface area contributed by atoms with Gasteiger partial charge in [0.1, 0.15) is 11.6 Å². The molecule has 0 fully saturated rings. The van der Waals surface area contributed by atoms with Gasteiger partial charge in [-0.05, 0) is 49.6 Å². The van der Waals surface area contributed by atoms with E-state index < -0.39 is 0 Å². The fraction of sp³-hybridized carbons (Fsp3) is 0.185. The number of thiophene rings is 1. The van der Waals surface area contributed by atoms with Crippen molar-refractivity contribution in [2.75, 3.05) is 0 Å². The number of nitrogens with zero attached hydrogens (tertiary/aromatic N) is 4. The highest BCUT2D eigenvalue weighted by Gasteiger charge is 2.21. The summed E-state index contributed by atoms with van der Waals surface area (Å²) in [7, 11) is 0. The Bertz CT molecular complexity index is 1570. The molecule has 6 nitrogen and oxygen atoms in total. The van der Waals surface area contributed by atoms with Crippen molar-refractivity contribution in [3.05, 3.63) is 99.5 Å². The summed E-state index contributed by atoms with van der Waals surface area (Å²) in [5, 5.41) is 8.05. The molecule has 3 heterocycles. The van der Waals surface area contributed by atoms with Gasteiger partial charge in [0, 0.05) is 23.9 Å². The highest BCUT2D eigenvalue weighted by atomic mass is 32.1. The van der Waals surface area contributed by atoms with Crippen LogP contribution in [-0.2, 0) is 13.0 Å². The van der Waals surface area contributed by atoms with Crippen LogP contribution in [0, 0.1) is 26.6 Å². The lowest BCUT2D eigenvalue weighted by Gasteiger charge is -2.16. The third-order valence-corrected chi connectivity index (χ3v) is 7.03. The summed E-state index contributed by atoms with van der Waals surface area (Å²) in [4.78, 5) is 20.3. The maximum absolute atomic E-state index is 14.1. The Morgan fingerprint density at radius 2 is 1.80 bits per heavy atom. The van der Waals surface area contributed by atoms with E-state index in [1.807, 2.05) is 50.2 Å². The van der Waals surface area contributed by atoms with Crippen molar-refractivity contribution in [1.82, 2.24) is 19.7 Å². The molecule has 0 saturated heterocycles. The van der Waals surface area contributed by atoms with Crippen LogP contribution in [0.3, 0.4) is 0 Å². The smallest absolute Gasteiger partial charge is 0.262 e. The molecule has 0 N–H and O–H groups in total. The fourth-order valence-electron chi connectivity index (χ4n) is 4.09. The van der Waals surface area contributed by atoms with E-state index in [9.17, 15) is 9.18 Å². The zero-order valence-electron chi connectivity index (χ0n) is 19.6. The third-order valence-electron chi connectivity index (χ3n) is 5.78. The van der Waals surface area contributed by atoms with Gasteiger partial charge in [-0.2, -0.15) is 0 Å². The first-order valence-corrected chi connectivity index (χ1v) is 12.0. The van der Waals surface area contributed by atoms with Crippen molar-refractivity contribution < 1.29 is 8.81 Å². The number of aryl methyl sites for hydroxylation is 4. The van der Waals surface area contributed by atoms with Crippen LogP contribution in [0.25, 0.3) is 32.6 Å². The van der Waals surface area contributed by atoms with Crippen LogP contribution in [0.2, 0.25) is 0 Å². The van der Waals surface area contributed by atoms with Crippen molar-refractivity contribution in [3.8, 4) is 32.6 Å². The quantitative estimate of drug-likeness (QED) is 0.294. The average molecular weight is 487 g/mol. The molecular weight excluding hydrogens is 463 g/mol. The van der Waals surface area contributed by atoms with E-state index in [2.05, 4.69) is 10.2 Å². The molecule has 3 aromatic heterocycles. The van der Waals surface area contributed by atoms with Crippen LogP contribution < -0.4 is 5.56 Å². The first-order chi connectivity index (χ1) is 16.9. The van der Waals surface area contributed by atoms with Gasteiger partial charge in [0.05, 0.1) is 16.1 Å². The molecule has 0 saturated carbocycles. The Kier molecular flexibility index (Phi) is 6.13. The summed E-state index contributed by atoms with van der Waals surface area (Å²) < 4.78 is 21.3. The first kappa shape index (κ1) is 22.9. The normalized spacial score (nSPS) is 11.2. The summed E-state index contributed by atoms with van der Waals surface area (Å²) >= 11 is 1.43. The summed E-state index contributed by atoms with van der Waals surface area (Å²) in [6, 6.07) is 18.1. The SMILES string of the molecule is Cc1nnc(-c2sc(-c3c(C)nc(-c4cccc(F)c4)n(CCc4ccccc4)c3=O)cc2C)o1. The van der Waals surface area contributed by atoms with Crippen molar-refractivity contribution >= 4 is 11.3 Å². The van der Waals surface area contributed by atoms with Gasteiger partial charge in [-0.3, -0.25) is 9.36 Å². The maximum Gasteiger partial charge on any atom is 0.262 e. The van der Waals surface area contributed by atoms with E-state index in [4.69, 9.17) is 9.40 Å². The van der Waals surface area contributed by atoms with Crippen LogP contribution in [0.1, 0.15) is 22.7 Å². The van der Waals surface area contributed by atoms with Crippen LogP contribution in [-0.4, -0.2) is 19.7 Å². The molecule has 0 aliphatic heterocycles. The molecule has 0 bridgehead atoms.